The molecule has 0 aromatic rings. The quantitative estimate of drug-likeness (QED) is 0.0321. The van der Waals surface area contributed by atoms with E-state index in [1.807, 2.05) is 6.08 Å². The smallest absolute Gasteiger partial charge is 0.305 e. The standard InChI is InChI=1S/C58H111NO5/c1-3-5-7-9-11-13-15-17-27-30-34-38-42-46-50-56(61)55(54-60)59-57(62)51-47-43-39-35-31-28-24-22-20-18-19-21-23-25-29-33-37-41-45-49-53-64-58(63)52-48-44-40-36-32-26-16-14-12-10-8-6-4-2/h18,20,46,50,55-56,60-61H,3-17,19,21-45,47-49,51-54H2,1-2H3,(H,59,62)/b20-18-,50-46+. The molecule has 0 aromatic carbocycles. The number of unbranched alkanes of at least 4 members (excludes halogenated alkanes) is 40. The summed E-state index contributed by atoms with van der Waals surface area (Å²) in [5, 5.41) is 23.1. The van der Waals surface area contributed by atoms with Crippen molar-refractivity contribution < 1.29 is 24.5 Å². The first kappa shape index (κ1) is 62.3. The first-order valence-corrected chi connectivity index (χ1v) is 28.6. The van der Waals surface area contributed by atoms with Crippen molar-refractivity contribution in [1.29, 1.82) is 0 Å². The molecule has 0 aliphatic heterocycles. The lowest BCUT2D eigenvalue weighted by Gasteiger charge is -2.20. The summed E-state index contributed by atoms with van der Waals surface area (Å²) in [5.41, 5.74) is 0. The number of esters is 1. The van der Waals surface area contributed by atoms with Gasteiger partial charge in [0.25, 0.3) is 0 Å². The number of aliphatic hydroxyl groups is 2. The van der Waals surface area contributed by atoms with Gasteiger partial charge in [0.1, 0.15) is 0 Å². The maximum Gasteiger partial charge on any atom is 0.305 e. The fourth-order valence-electron chi connectivity index (χ4n) is 8.81. The van der Waals surface area contributed by atoms with Crippen molar-refractivity contribution in [3.05, 3.63) is 24.3 Å². The monoisotopic (exact) mass is 902 g/mol. The first-order chi connectivity index (χ1) is 31.5. The fraction of sp³-hybridized carbons (Fsp3) is 0.897. The van der Waals surface area contributed by atoms with E-state index in [0.29, 0.717) is 19.4 Å². The molecule has 1 amide bonds. The molecule has 3 N–H and O–H groups in total. The van der Waals surface area contributed by atoms with Crippen LogP contribution in [0, 0.1) is 0 Å². The number of carbonyl (C=O) groups excluding carboxylic acids is 2. The average molecular weight is 903 g/mol. The number of hydrogen-bond acceptors (Lipinski definition) is 5. The van der Waals surface area contributed by atoms with Crippen molar-refractivity contribution in [2.24, 2.45) is 0 Å². The van der Waals surface area contributed by atoms with Gasteiger partial charge < -0.3 is 20.3 Å². The lowest BCUT2D eigenvalue weighted by atomic mass is 10.0. The molecule has 0 heterocycles. The maximum absolute atomic E-state index is 12.4. The summed E-state index contributed by atoms with van der Waals surface area (Å²) in [6.45, 7) is 4.90. The highest BCUT2D eigenvalue weighted by Crippen LogP contribution is 2.16. The van der Waals surface area contributed by atoms with Crippen molar-refractivity contribution >= 4 is 11.9 Å². The van der Waals surface area contributed by atoms with E-state index < -0.39 is 12.1 Å². The summed E-state index contributed by atoms with van der Waals surface area (Å²) in [7, 11) is 0. The van der Waals surface area contributed by atoms with Crippen LogP contribution in [0.3, 0.4) is 0 Å². The van der Waals surface area contributed by atoms with Gasteiger partial charge in [-0.1, -0.05) is 263 Å². The third-order valence-corrected chi connectivity index (χ3v) is 13.2. The summed E-state index contributed by atoms with van der Waals surface area (Å²) >= 11 is 0. The zero-order chi connectivity index (χ0) is 46.5. The number of carbonyl (C=O) groups is 2. The molecule has 0 fully saturated rings. The minimum absolute atomic E-state index is 0.00705. The molecular formula is C58H111NO5. The van der Waals surface area contributed by atoms with Crippen LogP contribution >= 0.6 is 0 Å². The van der Waals surface area contributed by atoms with Crippen LogP contribution in [-0.2, 0) is 14.3 Å². The van der Waals surface area contributed by atoms with Gasteiger partial charge in [-0.05, 0) is 57.8 Å². The van der Waals surface area contributed by atoms with Gasteiger partial charge >= 0.3 is 5.97 Å². The molecule has 64 heavy (non-hydrogen) atoms. The summed E-state index contributed by atoms with van der Waals surface area (Å²) in [4.78, 5) is 24.5. The highest BCUT2D eigenvalue weighted by Gasteiger charge is 2.18. The molecule has 378 valence electrons. The molecule has 2 unspecified atom stereocenters. The highest BCUT2D eigenvalue weighted by atomic mass is 16.5. The first-order valence-electron chi connectivity index (χ1n) is 28.6. The van der Waals surface area contributed by atoms with Crippen molar-refractivity contribution in [3.8, 4) is 0 Å². The molecule has 6 heteroatoms. The molecule has 0 bridgehead atoms. The number of rotatable bonds is 53. The minimum Gasteiger partial charge on any atom is -0.466 e. The second kappa shape index (κ2) is 54.0. The molecule has 6 nitrogen and oxygen atoms in total. The predicted octanol–water partition coefficient (Wildman–Crippen LogP) is 17.5. The topological polar surface area (TPSA) is 95.9 Å². The number of ether oxygens (including phenoxy) is 1. The Morgan fingerprint density at radius 1 is 0.422 bits per heavy atom. The van der Waals surface area contributed by atoms with Crippen LogP contribution in [0.4, 0.5) is 0 Å². The molecule has 0 rings (SSSR count). The predicted molar refractivity (Wildman–Crippen MR) is 278 cm³/mol. The van der Waals surface area contributed by atoms with E-state index in [9.17, 15) is 19.8 Å². The molecule has 0 radical (unpaired) electrons. The largest absolute Gasteiger partial charge is 0.466 e. The Labute approximate surface area is 399 Å². The van der Waals surface area contributed by atoms with Crippen LogP contribution in [0.15, 0.2) is 24.3 Å². The lowest BCUT2D eigenvalue weighted by molar-refractivity contribution is -0.143. The highest BCUT2D eigenvalue weighted by molar-refractivity contribution is 5.76. The van der Waals surface area contributed by atoms with Gasteiger partial charge in [-0.25, -0.2) is 0 Å². The SMILES string of the molecule is CCCCCCCCCCCCCC/C=C/C(O)C(CO)NC(=O)CCCCCCCCC/C=C\CCCCCCCCCCCOC(=O)CCCCCCCCCCCCCCC. The van der Waals surface area contributed by atoms with Crippen LogP contribution in [0.1, 0.15) is 309 Å². The number of amides is 1. The lowest BCUT2D eigenvalue weighted by Crippen LogP contribution is -2.45. The second-order valence-corrected chi connectivity index (χ2v) is 19.6. The van der Waals surface area contributed by atoms with Gasteiger partial charge in [-0.3, -0.25) is 9.59 Å². The van der Waals surface area contributed by atoms with Crippen LogP contribution in [-0.4, -0.2) is 47.4 Å². The molecular weight excluding hydrogens is 791 g/mol. The molecule has 2 atom stereocenters. The Kier molecular flexibility index (Phi) is 52.6. The van der Waals surface area contributed by atoms with E-state index in [1.165, 1.54) is 238 Å². The summed E-state index contributed by atoms with van der Waals surface area (Å²) < 4.78 is 5.47. The number of aliphatic hydroxyl groups excluding tert-OH is 2. The Morgan fingerprint density at radius 3 is 1.11 bits per heavy atom. The van der Waals surface area contributed by atoms with E-state index in [4.69, 9.17) is 4.74 Å². The van der Waals surface area contributed by atoms with E-state index in [-0.39, 0.29) is 18.5 Å². The fourth-order valence-corrected chi connectivity index (χ4v) is 8.81. The van der Waals surface area contributed by atoms with Crippen molar-refractivity contribution in [3.63, 3.8) is 0 Å². The molecule has 0 saturated carbocycles. The zero-order valence-corrected chi connectivity index (χ0v) is 43.0. The summed E-state index contributed by atoms with van der Waals surface area (Å²) in [6, 6.07) is -0.633. The van der Waals surface area contributed by atoms with Gasteiger partial charge in [0.05, 0.1) is 25.4 Å². The molecule has 0 aliphatic rings. The third-order valence-electron chi connectivity index (χ3n) is 13.2. The molecule has 0 aliphatic carbocycles. The van der Waals surface area contributed by atoms with E-state index in [0.717, 1.165) is 44.9 Å². The number of hydrogen-bond donors (Lipinski definition) is 3. The zero-order valence-electron chi connectivity index (χ0n) is 43.0. The second-order valence-electron chi connectivity index (χ2n) is 19.6. The normalized spacial score (nSPS) is 12.8. The number of allylic oxidation sites excluding steroid dienone is 3. The third kappa shape index (κ3) is 49.8. The van der Waals surface area contributed by atoms with E-state index in [2.05, 4.69) is 31.3 Å². The Balaban J connectivity index is 3.45. The van der Waals surface area contributed by atoms with Crippen molar-refractivity contribution in [2.45, 2.75) is 321 Å². The average Bonchev–Trinajstić information content (AvgIpc) is 3.29. The Bertz CT molecular complexity index is 997. The minimum atomic E-state index is -0.849. The van der Waals surface area contributed by atoms with Gasteiger partial charge in [0.2, 0.25) is 5.91 Å². The van der Waals surface area contributed by atoms with E-state index in [1.54, 1.807) is 6.08 Å². The summed E-state index contributed by atoms with van der Waals surface area (Å²) in [5.74, 6) is -0.0689. The summed E-state index contributed by atoms with van der Waals surface area (Å²) in [6.07, 6.45) is 64.8. The van der Waals surface area contributed by atoms with Crippen LogP contribution < -0.4 is 5.32 Å². The molecule has 0 saturated heterocycles. The van der Waals surface area contributed by atoms with Crippen LogP contribution in [0.5, 0.6) is 0 Å². The van der Waals surface area contributed by atoms with Gasteiger partial charge in [-0.15, -0.1) is 0 Å². The van der Waals surface area contributed by atoms with E-state index >= 15 is 0 Å². The van der Waals surface area contributed by atoms with Gasteiger partial charge in [0, 0.05) is 12.8 Å². The maximum atomic E-state index is 12.4. The van der Waals surface area contributed by atoms with Crippen molar-refractivity contribution in [1.82, 2.24) is 5.32 Å². The van der Waals surface area contributed by atoms with Gasteiger partial charge in [-0.2, -0.15) is 0 Å². The van der Waals surface area contributed by atoms with Crippen LogP contribution in [0.2, 0.25) is 0 Å². The Morgan fingerprint density at radius 2 is 0.734 bits per heavy atom. The molecule has 0 spiro atoms. The Hall–Kier alpha value is -1.66. The number of nitrogens with one attached hydrogen (secondary N) is 1. The van der Waals surface area contributed by atoms with Gasteiger partial charge in [0.15, 0.2) is 0 Å². The van der Waals surface area contributed by atoms with Crippen LogP contribution in [0.25, 0.3) is 0 Å². The molecule has 0 aromatic heterocycles. The van der Waals surface area contributed by atoms with Crippen molar-refractivity contribution in [2.75, 3.05) is 13.2 Å².